The summed E-state index contributed by atoms with van der Waals surface area (Å²) in [6.07, 6.45) is 3.48. The summed E-state index contributed by atoms with van der Waals surface area (Å²) >= 11 is 0. The molecule has 1 aliphatic rings. The van der Waals surface area contributed by atoms with Crippen LogP contribution in [-0.4, -0.2) is 45.1 Å². The summed E-state index contributed by atoms with van der Waals surface area (Å²) < 4.78 is 28.8. The minimum Gasteiger partial charge on any atom is -0.469 e. The van der Waals surface area contributed by atoms with Gasteiger partial charge in [-0.3, -0.25) is 4.79 Å². The first-order chi connectivity index (χ1) is 8.51. The van der Waals surface area contributed by atoms with Gasteiger partial charge in [-0.15, -0.1) is 0 Å². The van der Waals surface area contributed by atoms with Crippen LogP contribution in [0.3, 0.4) is 0 Å². The van der Waals surface area contributed by atoms with E-state index >= 15 is 0 Å². The van der Waals surface area contributed by atoms with E-state index in [0.717, 1.165) is 25.8 Å². The quantitative estimate of drug-likeness (QED) is 0.700. The zero-order valence-electron chi connectivity index (χ0n) is 11.1. The molecular formula is C12H23NO4S. The van der Waals surface area contributed by atoms with E-state index in [-0.39, 0.29) is 23.5 Å². The van der Waals surface area contributed by atoms with Crippen molar-refractivity contribution in [3.63, 3.8) is 0 Å². The van der Waals surface area contributed by atoms with Crippen LogP contribution in [-0.2, 0) is 19.4 Å². The van der Waals surface area contributed by atoms with Crippen LogP contribution in [0.5, 0.6) is 0 Å². The smallest absolute Gasteiger partial charge is 0.306 e. The molecule has 0 bridgehead atoms. The van der Waals surface area contributed by atoms with E-state index in [1.54, 1.807) is 0 Å². The number of esters is 1. The van der Waals surface area contributed by atoms with E-state index in [4.69, 9.17) is 0 Å². The molecule has 2 unspecified atom stereocenters. The van der Waals surface area contributed by atoms with Crippen molar-refractivity contribution in [3.05, 3.63) is 0 Å². The van der Waals surface area contributed by atoms with Gasteiger partial charge in [0, 0.05) is 6.04 Å². The van der Waals surface area contributed by atoms with Crippen molar-refractivity contribution in [1.29, 1.82) is 0 Å². The Kier molecular flexibility index (Phi) is 6.08. The van der Waals surface area contributed by atoms with Crippen LogP contribution in [0.4, 0.5) is 0 Å². The molecule has 0 aromatic rings. The topological polar surface area (TPSA) is 72.5 Å². The highest BCUT2D eigenvalue weighted by molar-refractivity contribution is 7.92. The molecule has 18 heavy (non-hydrogen) atoms. The van der Waals surface area contributed by atoms with Gasteiger partial charge >= 0.3 is 5.97 Å². The van der Waals surface area contributed by atoms with Gasteiger partial charge < -0.3 is 10.1 Å². The Morgan fingerprint density at radius 3 is 2.72 bits per heavy atom. The van der Waals surface area contributed by atoms with Crippen molar-refractivity contribution < 1.29 is 17.9 Å². The normalized spacial score (nSPS) is 24.1. The first-order valence-electron chi connectivity index (χ1n) is 6.53. The number of carbonyl (C=O) groups is 1. The lowest BCUT2D eigenvalue weighted by molar-refractivity contribution is -0.140. The second-order valence-corrected chi connectivity index (χ2v) is 7.06. The second-order valence-electron chi connectivity index (χ2n) is 4.72. The van der Waals surface area contributed by atoms with E-state index in [1.807, 2.05) is 0 Å². The van der Waals surface area contributed by atoms with Gasteiger partial charge in [0.15, 0.2) is 9.84 Å². The van der Waals surface area contributed by atoms with Gasteiger partial charge in [0.25, 0.3) is 0 Å². The number of hydrogen-bond donors (Lipinski definition) is 1. The highest BCUT2D eigenvalue weighted by atomic mass is 32.2. The second kappa shape index (κ2) is 7.09. The number of hydrogen-bond acceptors (Lipinski definition) is 5. The summed E-state index contributed by atoms with van der Waals surface area (Å²) in [7, 11) is -1.93. The van der Waals surface area contributed by atoms with E-state index < -0.39 is 15.8 Å². The van der Waals surface area contributed by atoms with Crippen LogP contribution in [0.2, 0.25) is 0 Å². The minimum absolute atomic E-state index is 0.0458. The maximum absolute atomic E-state index is 12.2. The lowest BCUT2D eigenvalue weighted by Gasteiger charge is -2.20. The lowest BCUT2D eigenvalue weighted by atomic mass is 10.2. The van der Waals surface area contributed by atoms with Gasteiger partial charge in [-0.05, 0) is 25.8 Å². The maximum Gasteiger partial charge on any atom is 0.306 e. The fourth-order valence-electron chi connectivity index (χ4n) is 2.40. The van der Waals surface area contributed by atoms with Crippen molar-refractivity contribution in [2.75, 3.05) is 19.4 Å². The van der Waals surface area contributed by atoms with E-state index in [9.17, 15) is 13.2 Å². The Balaban J connectivity index is 2.57. The molecule has 1 N–H and O–H groups in total. The van der Waals surface area contributed by atoms with Crippen molar-refractivity contribution >= 4 is 15.8 Å². The fraction of sp³-hybridized carbons (Fsp3) is 0.917. The third kappa shape index (κ3) is 4.24. The molecule has 0 aromatic heterocycles. The van der Waals surface area contributed by atoms with Gasteiger partial charge in [0.1, 0.15) is 0 Å². The van der Waals surface area contributed by atoms with Crippen LogP contribution < -0.4 is 5.32 Å². The number of sulfone groups is 1. The molecule has 0 aliphatic heterocycles. The maximum atomic E-state index is 12.2. The van der Waals surface area contributed by atoms with Crippen LogP contribution in [0.1, 0.15) is 39.0 Å². The Morgan fingerprint density at radius 2 is 2.11 bits per heavy atom. The Labute approximate surface area is 109 Å². The SMILES string of the molecule is CCCNC1CCCC1S(=O)(=O)CCC(=O)OC. The first kappa shape index (κ1) is 15.4. The number of ether oxygens (including phenoxy) is 1. The molecule has 1 saturated carbocycles. The molecule has 2 atom stereocenters. The van der Waals surface area contributed by atoms with E-state index in [0.29, 0.717) is 6.42 Å². The van der Waals surface area contributed by atoms with E-state index in [1.165, 1.54) is 7.11 Å². The Bertz CT molecular complexity index is 366. The highest BCUT2D eigenvalue weighted by Gasteiger charge is 2.36. The third-order valence-electron chi connectivity index (χ3n) is 3.39. The molecule has 6 heteroatoms. The fourth-order valence-corrected chi connectivity index (χ4v) is 4.41. The van der Waals surface area contributed by atoms with Gasteiger partial charge in [-0.1, -0.05) is 13.3 Å². The molecule has 5 nitrogen and oxygen atoms in total. The Morgan fingerprint density at radius 1 is 1.39 bits per heavy atom. The molecule has 1 fully saturated rings. The predicted molar refractivity (Wildman–Crippen MR) is 70.1 cm³/mol. The molecule has 1 aliphatic carbocycles. The predicted octanol–water partition coefficient (Wildman–Crippen LogP) is 0.885. The number of methoxy groups -OCH3 is 1. The average Bonchev–Trinajstić information content (AvgIpc) is 2.82. The molecule has 1 rings (SSSR count). The summed E-state index contributed by atoms with van der Waals surface area (Å²) in [6, 6.07) is 0.0487. The van der Waals surface area contributed by atoms with Gasteiger partial charge in [-0.25, -0.2) is 8.42 Å². The van der Waals surface area contributed by atoms with Crippen molar-refractivity contribution in [1.82, 2.24) is 5.32 Å². The summed E-state index contributed by atoms with van der Waals surface area (Å²) in [4.78, 5) is 11.0. The Hall–Kier alpha value is -0.620. The van der Waals surface area contributed by atoms with Gasteiger partial charge in [0.05, 0.1) is 24.5 Å². The zero-order chi connectivity index (χ0) is 13.6. The van der Waals surface area contributed by atoms with Crippen molar-refractivity contribution in [3.8, 4) is 0 Å². The standard InChI is InChI=1S/C12H23NO4S/c1-3-8-13-10-5-4-6-11(10)18(15,16)9-7-12(14)17-2/h10-11,13H,3-9H2,1-2H3. The number of rotatable bonds is 7. The number of nitrogens with one attached hydrogen (secondary N) is 1. The summed E-state index contributed by atoms with van der Waals surface area (Å²) in [6.45, 7) is 2.90. The van der Waals surface area contributed by atoms with Crippen molar-refractivity contribution in [2.24, 2.45) is 0 Å². The average molecular weight is 277 g/mol. The zero-order valence-corrected chi connectivity index (χ0v) is 12.0. The molecule has 0 spiro atoms. The third-order valence-corrected chi connectivity index (χ3v) is 5.65. The van der Waals surface area contributed by atoms with Crippen molar-refractivity contribution in [2.45, 2.75) is 50.3 Å². The van der Waals surface area contributed by atoms with E-state index in [2.05, 4.69) is 17.0 Å². The van der Waals surface area contributed by atoms with Crippen LogP contribution in [0, 0.1) is 0 Å². The van der Waals surface area contributed by atoms with Crippen LogP contribution in [0.25, 0.3) is 0 Å². The summed E-state index contributed by atoms with van der Waals surface area (Å²) in [5.41, 5.74) is 0. The largest absolute Gasteiger partial charge is 0.469 e. The molecule has 0 saturated heterocycles. The molecular weight excluding hydrogens is 254 g/mol. The highest BCUT2D eigenvalue weighted by Crippen LogP contribution is 2.26. The monoisotopic (exact) mass is 277 g/mol. The number of carbonyl (C=O) groups excluding carboxylic acids is 1. The van der Waals surface area contributed by atoms with Crippen LogP contribution >= 0.6 is 0 Å². The summed E-state index contributed by atoms with van der Waals surface area (Å²) in [5.74, 6) is -0.566. The first-order valence-corrected chi connectivity index (χ1v) is 8.24. The lowest BCUT2D eigenvalue weighted by Crippen LogP contribution is -2.41. The molecule has 0 aromatic carbocycles. The molecule has 106 valence electrons. The molecule has 0 amide bonds. The summed E-state index contributed by atoms with van der Waals surface area (Å²) in [5, 5.41) is 2.95. The molecule has 0 radical (unpaired) electrons. The minimum atomic E-state index is -3.21. The molecule has 0 heterocycles. The van der Waals surface area contributed by atoms with Crippen LogP contribution in [0.15, 0.2) is 0 Å². The van der Waals surface area contributed by atoms with Gasteiger partial charge in [-0.2, -0.15) is 0 Å². The van der Waals surface area contributed by atoms with Gasteiger partial charge in [0.2, 0.25) is 0 Å².